The maximum Gasteiger partial charge on any atom is 0.0929 e. The summed E-state index contributed by atoms with van der Waals surface area (Å²) in [6.07, 6.45) is 7.78. The fraction of sp³-hybridized carbons (Fsp3) is 0.733. The summed E-state index contributed by atoms with van der Waals surface area (Å²) in [6, 6.07) is 0. The van der Waals surface area contributed by atoms with E-state index in [0.29, 0.717) is 5.92 Å². The summed E-state index contributed by atoms with van der Waals surface area (Å²) in [4.78, 5) is 0. The second-order valence-corrected chi connectivity index (χ2v) is 5.90. The number of hydrogen-bond donors (Lipinski definition) is 0. The Bertz CT molecular complexity index is 330. The number of allylic oxidation sites excluding steroid dienone is 1. The lowest BCUT2D eigenvalue weighted by Gasteiger charge is -2.44. The van der Waals surface area contributed by atoms with Crippen molar-refractivity contribution in [1.29, 1.82) is 0 Å². The zero-order chi connectivity index (χ0) is 12.0. The minimum absolute atomic E-state index is 0.0133. The van der Waals surface area contributed by atoms with Crippen LogP contribution in [0.1, 0.15) is 47.0 Å². The average molecular weight is 220 g/mol. The summed E-state index contributed by atoms with van der Waals surface area (Å²) in [7, 11) is 0. The third-order valence-corrected chi connectivity index (χ3v) is 4.89. The molecule has 2 aliphatic rings. The van der Waals surface area contributed by atoms with Crippen LogP contribution in [0.15, 0.2) is 24.3 Å². The first-order valence-electron chi connectivity index (χ1n) is 6.44. The van der Waals surface area contributed by atoms with Crippen LogP contribution in [0.4, 0.5) is 0 Å². The van der Waals surface area contributed by atoms with Gasteiger partial charge in [-0.2, -0.15) is 0 Å². The Morgan fingerprint density at radius 1 is 1.44 bits per heavy atom. The molecule has 1 spiro atoms. The maximum atomic E-state index is 6.44. The third-order valence-electron chi connectivity index (χ3n) is 4.89. The Balaban J connectivity index is 2.34. The molecule has 1 nitrogen and oxygen atoms in total. The van der Waals surface area contributed by atoms with Crippen LogP contribution in [0.3, 0.4) is 0 Å². The van der Waals surface area contributed by atoms with Crippen molar-refractivity contribution in [3.05, 3.63) is 24.3 Å². The van der Waals surface area contributed by atoms with E-state index in [-0.39, 0.29) is 11.2 Å². The topological polar surface area (TPSA) is 9.23 Å². The number of ether oxygens (including phenoxy) is 1. The summed E-state index contributed by atoms with van der Waals surface area (Å²) in [5, 5.41) is 0. The van der Waals surface area contributed by atoms with E-state index in [1.807, 2.05) is 6.08 Å². The molecule has 0 radical (unpaired) electrons. The first-order valence-corrected chi connectivity index (χ1v) is 6.44. The van der Waals surface area contributed by atoms with Crippen LogP contribution >= 0.6 is 0 Å². The van der Waals surface area contributed by atoms with Crippen molar-refractivity contribution >= 4 is 0 Å². The van der Waals surface area contributed by atoms with Crippen LogP contribution in [-0.2, 0) is 4.74 Å². The standard InChI is InChI=1S/C15H24O/c1-6-14(5)9-10-15(16-14)12(3)8-7-11(2)13(15)4/h6,8,11,13H,1,7,9-10H2,2-5H3/t11-,13-,14+,15-/m1/s1. The monoisotopic (exact) mass is 220 g/mol. The summed E-state index contributed by atoms with van der Waals surface area (Å²) in [6.45, 7) is 13.0. The van der Waals surface area contributed by atoms with Gasteiger partial charge in [0, 0.05) is 0 Å². The fourth-order valence-electron chi connectivity index (χ4n) is 3.25. The zero-order valence-electron chi connectivity index (χ0n) is 11.0. The van der Waals surface area contributed by atoms with Gasteiger partial charge in [-0.3, -0.25) is 0 Å². The molecule has 1 heteroatoms. The van der Waals surface area contributed by atoms with Gasteiger partial charge in [0.15, 0.2) is 0 Å². The quantitative estimate of drug-likeness (QED) is 0.604. The molecule has 0 saturated carbocycles. The number of rotatable bonds is 1. The van der Waals surface area contributed by atoms with E-state index in [1.54, 1.807) is 0 Å². The molecule has 90 valence electrons. The van der Waals surface area contributed by atoms with Crippen molar-refractivity contribution in [3.63, 3.8) is 0 Å². The van der Waals surface area contributed by atoms with Crippen LogP contribution < -0.4 is 0 Å². The Kier molecular flexibility index (Phi) is 2.78. The molecule has 0 amide bonds. The van der Waals surface area contributed by atoms with E-state index >= 15 is 0 Å². The van der Waals surface area contributed by atoms with E-state index < -0.39 is 0 Å². The Labute approximate surface area is 99.6 Å². The highest BCUT2D eigenvalue weighted by Crippen LogP contribution is 2.51. The zero-order valence-corrected chi connectivity index (χ0v) is 11.0. The van der Waals surface area contributed by atoms with Gasteiger partial charge < -0.3 is 4.74 Å². The van der Waals surface area contributed by atoms with Crippen molar-refractivity contribution in [2.75, 3.05) is 0 Å². The van der Waals surface area contributed by atoms with E-state index in [1.165, 1.54) is 12.0 Å². The predicted molar refractivity (Wildman–Crippen MR) is 68.4 cm³/mol. The Hall–Kier alpha value is -0.560. The average Bonchev–Trinajstić information content (AvgIpc) is 2.63. The molecule has 4 atom stereocenters. The lowest BCUT2D eigenvalue weighted by atomic mass is 9.69. The van der Waals surface area contributed by atoms with E-state index in [2.05, 4.69) is 40.3 Å². The van der Waals surface area contributed by atoms with Gasteiger partial charge in [-0.05, 0) is 50.5 Å². The van der Waals surface area contributed by atoms with E-state index in [9.17, 15) is 0 Å². The van der Waals surface area contributed by atoms with E-state index in [0.717, 1.165) is 18.8 Å². The SMILES string of the molecule is C=C[C@@]1(C)CC[C@@]2(O1)C(C)=CC[C@@H](C)[C@H]2C. The third kappa shape index (κ3) is 1.57. The van der Waals surface area contributed by atoms with E-state index in [4.69, 9.17) is 4.74 Å². The van der Waals surface area contributed by atoms with Gasteiger partial charge in [-0.1, -0.05) is 26.0 Å². The molecule has 16 heavy (non-hydrogen) atoms. The molecule has 0 unspecified atom stereocenters. The number of hydrogen-bond acceptors (Lipinski definition) is 1. The molecule has 2 rings (SSSR count). The fourth-order valence-corrected chi connectivity index (χ4v) is 3.25. The second kappa shape index (κ2) is 3.73. The highest BCUT2D eigenvalue weighted by molar-refractivity contribution is 5.25. The Morgan fingerprint density at radius 2 is 2.12 bits per heavy atom. The first kappa shape index (κ1) is 11.9. The van der Waals surface area contributed by atoms with Gasteiger partial charge in [0.2, 0.25) is 0 Å². The molecule has 0 aromatic carbocycles. The van der Waals surface area contributed by atoms with Crippen molar-refractivity contribution in [2.45, 2.75) is 58.2 Å². The molecule has 0 aromatic rings. The van der Waals surface area contributed by atoms with Gasteiger partial charge in [0.1, 0.15) is 0 Å². The molecule has 1 fully saturated rings. The van der Waals surface area contributed by atoms with Crippen molar-refractivity contribution < 1.29 is 4.74 Å². The molecule has 0 aromatic heterocycles. The van der Waals surface area contributed by atoms with Crippen LogP contribution in [0.2, 0.25) is 0 Å². The summed E-state index contributed by atoms with van der Waals surface area (Å²) >= 11 is 0. The van der Waals surface area contributed by atoms with Crippen molar-refractivity contribution in [3.8, 4) is 0 Å². The largest absolute Gasteiger partial charge is 0.360 e. The van der Waals surface area contributed by atoms with Crippen LogP contribution in [-0.4, -0.2) is 11.2 Å². The molecule has 0 bridgehead atoms. The first-order chi connectivity index (χ1) is 7.43. The molecule has 1 saturated heterocycles. The minimum Gasteiger partial charge on any atom is -0.360 e. The Morgan fingerprint density at radius 3 is 2.69 bits per heavy atom. The van der Waals surface area contributed by atoms with Crippen molar-refractivity contribution in [1.82, 2.24) is 0 Å². The highest BCUT2D eigenvalue weighted by Gasteiger charge is 2.51. The van der Waals surface area contributed by atoms with Crippen LogP contribution in [0.25, 0.3) is 0 Å². The van der Waals surface area contributed by atoms with Gasteiger partial charge >= 0.3 is 0 Å². The van der Waals surface area contributed by atoms with Gasteiger partial charge in [0.05, 0.1) is 11.2 Å². The summed E-state index contributed by atoms with van der Waals surface area (Å²) in [5.74, 6) is 1.33. The predicted octanol–water partition coefficient (Wildman–Crippen LogP) is 4.10. The smallest absolute Gasteiger partial charge is 0.0929 e. The molecule has 1 heterocycles. The van der Waals surface area contributed by atoms with Crippen molar-refractivity contribution in [2.24, 2.45) is 11.8 Å². The molecular weight excluding hydrogens is 196 g/mol. The molecular formula is C15H24O. The lowest BCUT2D eigenvalue weighted by Crippen LogP contribution is -2.44. The minimum atomic E-state index is -0.125. The van der Waals surface area contributed by atoms with Crippen LogP contribution in [0, 0.1) is 11.8 Å². The highest BCUT2D eigenvalue weighted by atomic mass is 16.5. The van der Waals surface area contributed by atoms with Gasteiger partial charge in [-0.25, -0.2) is 0 Å². The molecule has 1 aliphatic carbocycles. The summed E-state index contributed by atoms with van der Waals surface area (Å²) in [5.41, 5.74) is 1.30. The molecule has 0 N–H and O–H groups in total. The summed E-state index contributed by atoms with van der Waals surface area (Å²) < 4.78 is 6.44. The van der Waals surface area contributed by atoms with Gasteiger partial charge in [-0.15, -0.1) is 6.58 Å². The molecule has 1 aliphatic heterocycles. The second-order valence-electron chi connectivity index (χ2n) is 5.90. The van der Waals surface area contributed by atoms with Crippen LogP contribution in [0.5, 0.6) is 0 Å². The van der Waals surface area contributed by atoms with Gasteiger partial charge in [0.25, 0.3) is 0 Å². The maximum absolute atomic E-state index is 6.44. The normalized spacial score (nSPS) is 48.1. The lowest BCUT2D eigenvalue weighted by molar-refractivity contribution is -0.0924.